The highest BCUT2D eigenvalue weighted by Gasteiger charge is 2.19. The zero-order chi connectivity index (χ0) is 16.1. The van der Waals surface area contributed by atoms with Crippen molar-refractivity contribution in [2.75, 3.05) is 13.7 Å². The predicted molar refractivity (Wildman–Crippen MR) is 72.8 cm³/mol. The molecule has 0 radical (unpaired) electrons. The number of hydrogen-bond acceptors (Lipinski definition) is 8. The van der Waals surface area contributed by atoms with E-state index in [0.29, 0.717) is 5.56 Å². The zero-order valence-corrected chi connectivity index (χ0v) is 11.9. The van der Waals surface area contributed by atoms with E-state index < -0.39 is 17.0 Å². The lowest BCUT2D eigenvalue weighted by Gasteiger charge is -2.08. The molecule has 0 amide bonds. The average molecular weight is 307 g/mol. The number of methoxy groups -OCH3 is 1. The van der Waals surface area contributed by atoms with Gasteiger partial charge in [-0.05, 0) is 19.1 Å². The van der Waals surface area contributed by atoms with Gasteiger partial charge in [0.2, 0.25) is 5.89 Å². The number of non-ortho nitro benzene ring substituents is 1. The Labute approximate surface area is 125 Å². The van der Waals surface area contributed by atoms with E-state index in [4.69, 9.17) is 9.15 Å². The van der Waals surface area contributed by atoms with Crippen molar-refractivity contribution in [2.24, 2.45) is 0 Å². The molecule has 0 bridgehead atoms. The van der Waals surface area contributed by atoms with Crippen molar-refractivity contribution in [2.45, 2.75) is 13.0 Å². The average Bonchev–Trinajstić information content (AvgIpc) is 2.97. The van der Waals surface area contributed by atoms with Gasteiger partial charge in [-0.2, -0.15) is 0 Å². The first-order valence-electron chi connectivity index (χ1n) is 6.28. The Bertz CT molecular complexity index is 667. The summed E-state index contributed by atoms with van der Waals surface area (Å²) in [7, 11) is 1.38. The van der Waals surface area contributed by atoms with Crippen molar-refractivity contribution in [1.29, 1.82) is 0 Å². The van der Waals surface area contributed by atoms with Crippen LogP contribution in [0.3, 0.4) is 0 Å². The lowest BCUT2D eigenvalue weighted by atomic mass is 10.2. The van der Waals surface area contributed by atoms with Gasteiger partial charge in [0.1, 0.15) is 6.61 Å². The summed E-state index contributed by atoms with van der Waals surface area (Å²) in [4.78, 5) is 21.4. The van der Waals surface area contributed by atoms with Crippen LogP contribution in [0.15, 0.2) is 28.7 Å². The second kappa shape index (κ2) is 6.76. The minimum Gasteiger partial charge on any atom is -0.451 e. The fraction of sp³-hybridized carbons (Fsp3) is 0.308. The number of nitro benzene ring substituents is 1. The number of carbonyl (C=O) groups excluding carboxylic acids is 1. The van der Waals surface area contributed by atoms with Crippen LogP contribution in [0.2, 0.25) is 0 Å². The maximum atomic E-state index is 11.3. The van der Waals surface area contributed by atoms with E-state index in [9.17, 15) is 14.9 Å². The SMILES string of the molecule is COCC(=O)O[C@@H](C)c1nnc(-c2ccc([N+](=O)[O-])cc2)o1. The first-order valence-corrected chi connectivity index (χ1v) is 6.28. The second-order valence-electron chi connectivity index (χ2n) is 4.31. The van der Waals surface area contributed by atoms with Crippen molar-refractivity contribution in [3.05, 3.63) is 40.3 Å². The highest BCUT2D eigenvalue weighted by atomic mass is 16.6. The topological polar surface area (TPSA) is 118 Å². The van der Waals surface area contributed by atoms with Crippen molar-refractivity contribution in [3.63, 3.8) is 0 Å². The number of benzene rings is 1. The summed E-state index contributed by atoms with van der Waals surface area (Å²) in [6.07, 6.45) is -0.720. The van der Waals surface area contributed by atoms with Gasteiger partial charge in [-0.25, -0.2) is 4.79 Å². The molecule has 0 fully saturated rings. The molecule has 116 valence electrons. The Kier molecular flexibility index (Phi) is 4.79. The number of esters is 1. The zero-order valence-electron chi connectivity index (χ0n) is 11.9. The number of hydrogen-bond donors (Lipinski definition) is 0. The van der Waals surface area contributed by atoms with Gasteiger partial charge in [-0.3, -0.25) is 10.1 Å². The summed E-state index contributed by atoms with van der Waals surface area (Å²) in [5.74, 6) is -0.248. The molecule has 0 aliphatic rings. The summed E-state index contributed by atoms with van der Waals surface area (Å²) in [6.45, 7) is 1.41. The molecular weight excluding hydrogens is 294 g/mol. The van der Waals surface area contributed by atoms with Crippen LogP contribution in [0.25, 0.3) is 11.5 Å². The molecule has 0 spiro atoms. The van der Waals surface area contributed by atoms with Crippen LogP contribution < -0.4 is 0 Å². The van der Waals surface area contributed by atoms with Crippen molar-refractivity contribution < 1.29 is 23.6 Å². The van der Waals surface area contributed by atoms with Crippen molar-refractivity contribution >= 4 is 11.7 Å². The molecule has 2 aromatic rings. The molecular formula is C13H13N3O6. The summed E-state index contributed by atoms with van der Waals surface area (Å²) in [6, 6.07) is 5.66. The Morgan fingerprint density at radius 1 is 1.36 bits per heavy atom. The van der Waals surface area contributed by atoms with Crippen molar-refractivity contribution in [3.8, 4) is 11.5 Å². The third-order valence-electron chi connectivity index (χ3n) is 2.68. The van der Waals surface area contributed by atoms with E-state index in [0.717, 1.165) is 0 Å². The van der Waals surface area contributed by atoms with Crippen LogP contribution in [0.5, 0.6) is 0 Å². The van der Waals surface area contributed by atoms with E-state index in [-0.39, 0.29) is 24.1 Å². The second-order valence-corrected chi connectivity index (χ2v) is 4.31. The summed E-state index contributed by atoms with van der Waals surface area (Å²) in [5, 5.41) is 18.2. The number of aromatic nitrogens is 2. The first-order chi connectivity index (χ1) is 10.5. The standard InChI is InChI=1S/C13H13N3O6/c1-8(21-11(17)7-20-2)12-14-15-13(22-12)9-3-5-10(6-4-9)16(18)19/h3-6,8H,7H2,1-2H3/t8-/m0/s1. The van der Waals surface area contributed by atoms with Gasteiger partial charge in [0.05, 0.1) is 4.92 Å². The highest BCUT2D eigenvalue weighted by molar-refractivity contribution is 5.70. The van der Waals surface area contributed by atoms with Crippen LogP contribution >= 0.6 is 0 Å². The molecule has 1 aromatic carbocycles. The summed E-state index contributed by atoms with van der Waals surface area (Å²) < 4.78 is 15.1. The van der Waals surface area contributed by atoms with Gasteiger partial charge in [0.15, 0.2) is 6.10 Å². The normalized spacial score (nSPS) is 11.9. The van der Waals surface area contributed by atoms with Gasteiger partial charge in [0.25, 0.3) is 11.6 Å². The predicted octanol–water partition coefficient (Wildman–Crippen LogP) is 1.90. The first kappa shape index (κ1) is 15.6. The van der Waals surface area contributed by atoms with E-state index >= 15 is 0 Å². The monoisotopic (exact) mass is 307 g/mol. The van der Waals surface area contributed by atoms with Crippen molar-refractivity contribution in [1.82, 2.24) is 10.2 Å². The van der Waals surface area contributed by atoms with E-state index in [1.54, 1.807) is 6.92 Å². The van der Waals surface area contributed by atoms with Crippen LogP contribution in [0.4, 0.5) is 5.69 Å². The largest absolute Gasteiger partial charge is 0.451 e. The van der Waals surface area contributed by atoms with Crippen LogP contribution in [0.1, 0.15) is 18.9 Å². The number of carbonyl (C=O) groups is 1. The summed E-state index contributed by atoms with van der Waals surface area (Å²) in [5.41, 5.74) is 0.491. The minimum atomic E-state index is -0.720. The molecule has 1 aromatic heterocycles. The molecule has 1 heterocycles. The molecule has 2 rings (SSSR count). The maximum Gasteiger partial charge on any atom is 0.332 e. The molecule has 0 unspecified atom stereocenters. The van der Waals surface area contributed by atoms with Gasteiger partial charge in [-0.1, -0.05) is 0 Å². The van der Waals surface area contributed by atoms with Gasteiger partial charge < -0.3 is 13.9 Å². The van der Waals surface area contributed by atoms with E-state index in [2.05, 4.69) is 14.9 Å². The third kappa shape index (κ3) is 3.64. The molecule has 1 atom stereocenters. The minimum absolute atomic E-state index is 0.0367. The van der Waals surface area contributed by atoms with Gasteiger partial charge in [0, 0.05) is 24.8 Å². The van der Waals surface area contributed by atoms with Crippen LogP contribution in [-0.4, -0.2) is 34.8 Å². The molecule has 0 aliphatic carbocycles. The van der Waals surface area contributed by atoms with Crippen LogP contribution in [-0.2, 0) is 14.3 Å². The quantitative estimate of drug-likeness (QED) is 0.451. The molecule has 0 aliphatic heterocycles. The third-order valence-corrected chi connectivity index (χ3v) is 2.68. The van der Waals surface area contributed by atoms with E-state index in [1.165, 1.54) is 31.4 Å². The van der Waals surface area contributed by atoms with Crippen LogP contribution in [0, 0.1) is 10.1 Å². The molecule has 9 heteroatoms. The molecule has 22 heavy (non-hydrogen) atoms. The fourth-order valence-electron chi connectivity index (χ4n) is 1.64. The molecule has 0 N–H and O–H groups in total. The lowest BCUT2D eigenvalue weighted by molar-refractivity contribution is -0.384. The number of ether oxygens (including phenoxy) is 2. The highest BCUT2D eigenvalue weighted by Crippen LogP contribution is 2.24. The number of nitrogens with zero attached hydrogens (tertiary/aromatic N) is 3. The molecule has 0 saturated heterocycles. The smallest absolute Gasteiger partial charge is 0.332 e. The molecule has 0 saturated carbocycles. The summed E-state index contributed by atoms with van der Waals surface area (Å²) >= 11 is 0. The van der Waals surface area contributed by atoms with E-state index in [1.807, 2.05) is 0 Å². The number of nitro groups is 1. The Hall–Kier alpha value is -2.81. The van der Waals surface area contributed by atoms with Gasteiger partial charge in [-0.15, -0.1) is 10.2 Å². The van der Waals surface area contributed by atoms with Gasteiger partial charge >= 0.3 is 5.97 Å². The number of rotatable bonds is 6. The Balaban J connectivity index is 2.10. The maximum absolute atomic E-state index is 11.3. The Morgan fingerprint density at radius 3 is 2.64 bits per heavy atom. The molecule has 9 nitrogen and oxygen atoms in total. The lowest BCUT2D eigenvalue weighted by Crippen LogP contribution is -2.14. The Morgan fingerprint density at radius 2 is 2.05 bits per heavy atom. The fourth-order valence-corrected chi connectivity index (χ4v) is 1.64.